The minimum absolute atomic E-state index is 0.0661. The fourth-order valence-electron chi connectivity index (χ4n) is 2.09. The first-order valence-corrected chi connectivity index (χ1v) is 6.92. The Hall–Kier alpha value is -2.83. The molecule has 0 aliphatic heterocycles. The van der Waals surface area contributed by atoms with E-state index in [9.17, 15) is 4.79 Å². The van der Waals surface area contributed by atoms with Crippen molar-refractivity contribution < 1.29 is 13.9 Å². The highest BCUT2D eigenvalue weighted by Gasteiger charge is 2.20. The first kappa shape index (κ1) is 14.1. The molecule has 3 N–H and O–H groups in total. The molecule has 22 heavy (non-hydrogen) atoms. The number of nitrogens with zero attached hydrogens (tertiary/aromatic N) is 2. The van der Waals surface area contributed by atoms with E-state index in [0.29, 0.717) is 34.7 Å². The van der Waals surface area contributed by atoms with Crippen molar-refractivity contribution in [1.82, 2.24) is 15.0 Å². The van der Waals surface area contributed by atoms with Crippen LogP contribution in [0.1, 0.15) is 24.2 Å². The van der Waals surface area contributed by atoms with Gasteiger partial charge in [0.25, 0.3) is 0 Å². The van der Waals surface area contributed by atoms with Crippen molar-refractivity contribution in [2.45, 2.75) is 13.8 Å². The molecule has 0 spiro atoms. The summed E-state index contributed by atoms with van der Waals surface area (Å²) in [6.45, 7) is 4.28. The monoisotopic (exact) mass is 300 g/mol. The number of carbonyl (C=O) groups is 1. The van der Waals surface area contributed by atoms with E-state index in [-0.39, 0.29) is 11.9 Å². The Kier molecular flexibility index (Phi) is 3.54. The summed E-state index contributed by atoms with van der Waals surface area (Å²) in [5.74, 6) is 0.426. The van der Waals surface area contributed by atoms with E-state index in [0.717, 1.165) is 0 Å². The molecule has 114 valence electrons. The third-order valence-corrected chi connectivity index (χ3v) is 3.06. The van der Waals surface area contributed by atoms with Gasteiger partial charge in [-0.1, -0.05) is 13.8 Å². The Morgan fingerprint density at radius 2 is 2.27 bits per heavy atom. The van der Waals surface area contributed by atoms with Crippen LogP contribution < -0.4 is 5.73 Å². The predicted octanol–water partition coefficient (Wildman–Crippen LogP) is 2.61. The van der Waals surface area contributed by atoms with Crippen LogP contribution in [0.4, 0.5) is 5.95 Å². The Morgan fingerprint density at radius 1 is 1.45 bits per heavy atom. The lowest BCUT2D eigenvalue weighted by atomic mass is 10.2. The maximum absolute atomic E-state index is 12.2. The second-order valence-electron chi connectivity index (χ2n) is 5.33. The average molecular weight is 300 g/mol. The van der Waals surface area contributed by atoms with Crippen LogP contribution >= 0.6 is 0 Å². The molecule has 0 saturated carbocycles. The van der Waals surface area contributed by atoms with Gasteiger partial charge in [-0.2, -0.15) is 0 Å². The molecule has 0 bridgehead atoms. The fourth-order valence-corrected chi connectivity index (χ4v) is 2.09. The van der Waals surface area contributed by atoms with Gasteiger partial charge in [0.05, 0.1) is 18.4 Å². The number of carbonyl (C=O) groups excluding carboxylic acids is 1. The summed E-state index contributed by atoms with van der Waals surface area (Å²) >= 11 is 0. The number of fused-ring (bicyclic) bond motifs is 1. The van der Waals surface area contributed by atoms with Crippen molar-refractivity contribution in [3.63, 3.8) is 0 Å². The molecule has 3 heterocycles. The quantitative estimate of drug-likeness (QED) is 0.717. The Balaban J connectivity index is 2.06. The van der Waals surface area contributed by atoms with Crippen LogP contribution in [0.25, 0.3) is 22.5 Å². The van der Waals surface area contributed by atoms with Crippen LogP contribution in [0.2, 0.25) is 0 Å². The van der Waals surface area contributed by atoms with Crippen molar-refractivity contribution in [3.05, 3.63) is 30.2 Å². The van der Waals surface area contributed by atoms with Crippen molar-refractivity contribution in [1.29, 1.82) is 0 Å². The molecule has 0 aliphatic carbocycles. The largest absolute Gasteiger partial charge is 0.463 e. The molecule has 0 atom stereocenters. The van der Waals surface area contributed by atoms with Gasteiger partial charge in [-0.05, 0) is 18.1 Å². The van der Waals surface area contributed by atoms with Crippen molar-refractivity contribution in [2.24, 2.45) is 5.92 Å². The second kappa shape index (κ2) is 5.51. The fraction of sp³-hybridized carbons (Fsp3) is 0.267. The zero-order chi connectivity index (χ0) is 15.7. The van der Waals surface area contributed by atoms with Gasteiger partial charge >= 0.3 is 5.97 Å². The third-order valence-electron chi connectivity index (χ3n) is 3.06. The zero-order valence-corrected chi connectivity index (χ0v) is 12.3. The number of esters is 1. The van der Waals surface area contributed by atoms with Crippen molar-refractivity contribution in [3.8, 4) is 11.5 Å². The Morgan fingerprint density at radius 3 is 2.95 bits per heavy atom. The number of anilines is 1. The normalized spacial score (nSPS) is 11.2. The van der Waals surface area contributed by atoms with Crippen LogP contribution in [0.15, 0.2) is 29.0 Å². The molecule has 0 aliphatic rings. The topological polar surface area (TPSA) is 107 Å². The van der Waals surface area contributed by atoms with Gasteiger partial charge in [0.1, 0.15) is 16.8 Å². The number of nitrogens with one attached hydrogen (secondary N) is 1. The minimum Gasteiger partial charge on any atom is -0.463 e. The Labute approximate surface area is 126 Å². The Bertz CT molecular complexity index is 806. The van der Waals surface area contributed by atoms with Gasteiger partial charge in [-0.25, -0.2) is 14.8 Å². The van der Waals surface area contributed by atoms with Crippen LogP contribution in [0, 0.1) is 5.92 Å². The summed E-state index contributed by atoms with van der Waals surface area (Å²) in [6.07, 6.45) is 3.09. The summed E-state index contributed by atoms with van der Waals surface area (Å²) in [5.41, 5.74) is 7.60. The molecule has 3 rings (SSSR count). The number of aromatic nitrogens is 3. The number of H-pyrrole nitrogens is 1. The maximum Gasteiger partial charge on any atom is 0.341 e. The molecule has 0 unspecified atom stereocenters. The van der Waals surface area contributed by atoms with Crippen LogP contribution in [0.5, 0.6) is 0 Å². The van der Waals surface area contributed by atoms with Crippen molar-refractivity contribution >= 4 is 23.0 Å². The number of hydrogen-bond donors (Lipinski definition) is 2. The summed E-state index contributed by atoms with van der Waals surface area (Å²) in [7, 11) is 0. The zero-order valence-electron chi connectivity index (χ0n) is 12.3. The van der Waals surface area contributed by atoms with Crippen LogP contribution in [-0.2, 0) is 4.74 Å². The standard InChI is InChI=1S/C15H16N4O3/c1-8(2)7-22-14(20)9-6-17-13-11(9)18-15(16)19-12(13)10-4-3-5-21-10/h3-6,8,17H,7H2,1-2H3,(H2,16,18,19). The molecule has 0 aromatic carbocycles. The molecule has 3 aromatic rings. The predicted molar refractivity (Wildman–Crippen MR) is 81.1 cm³/mol. The lowest BCUT2D eigenvalue weighted by Crippen LogP contribution is -2.10. The highest BCUT2D eigenvalue weighted by molar-refractivity contribution is 6.05. The summed E-state index contributed by atoms with van der Waals surface area (Å²) in [5, 5.41) is 0. The van der Waals surface area contributed by atoms with Crippen molar-refractivity contribution in [2.75, 3.05) is 12.3 Å². The maximum atomic E-state index is 12.2. The van der Waals surface area contributed by atoms with Gasteiger partial charge in [-0.15, -0.1) is 0 Å². The number of furan rings is 1. The molecule has 0 radical (unpaired) electrons. The number of aromatic amines is 1. The van der Waals surface area contributed by atoms with E-state index >= 15 is 0 Å². The van der Waals surface area contributed by atoms with Crippen LogP contribution in [0.3, 0.4) is 0 Å². The van der Waals surface area contributed by atoms with E-state index in [4.69, 9.17) is 14.9 Å². The molecular weight excluding hydrogens is 284 g/mol. The molecule has 0 fully saturated rings. The van der Waals surface area contributed by atoms with Gasteiger partial charge < -0.3 is 19.9 Å². The highest BCUT2D eigenvalue weighted by Crippen LogP contribution is 2.28. The number of nitrogen functional groups attached to an aromatic ring is 1. The SMILES string of the molecule is CC(C)COC(=O)c1c[nH]c2c(-c3ccco3)nc(N)nc12. The van der Waals surface area contributed by atoms with Gasteiger partial charge in [0.2, 0.25) is 5.95 Å². The van der Waals surface area contributed by atoms with E-state index in [2.05, 4.69) is 15.0 Å². The molecule has 7 nitrogen and oxygen atoms in total. The molecule has 0 amide bonds. The van der Waals surface area contributed by atoms with E-state index in [1.165, 1.54) is 0 Å². The lowest BCUT2D eigenvalue weighted by Gasteiger charge is -2.06. The van der Waals surface area contributed by atoms with Crippen LogP contribution in [-0.4, -0.2) is 27.5 Å². The van der Waals surface area contributed by atoms with Gasteiger partial charge in [-0.3, -0.25) is 0 Å². The number of hydrogen-bond acceptors (Lipinski definition) is 6. The average Bonchev–Trinajstić information content (AvgIpc) is 3.13. The van der Waals surface area contributed by atoms with Gasteiger partial charge in [0.15, 0.2) is 5.76 Å². The van der Waals surface area contributed by atoms with E-state index in [1.807, 2.05) is 13.8 Å². The van der Waals surface area contributed by atoms with E-state index in [1.54, 1.807) is 24.6 Å². The van der Waals surface area contributed by atoms with Gasteiger partial charge in [0, 0.05) is 6.20 Å². The molecule has 3 aromatic heterocycles. The minimum atomic E-state index is -0.441. The molecule has 0 saturated heterocycles. The highest BCUT2D eigenvalue weighted by atomic mass is 16.5. The number of nitrogens with two attached hydrogens (primary N) is 1. The van der Waals surface area contributed by atoms with E-state index < -0.39 is 5.97 Å². The number of ether oxygens (including phenoxy) is 1. The summed E-state index contributed by atoms with van der Waals surface area (Å²) in [4.78, 5) is 23.5. The summed E-state index contributed by atoms with van der Waals surface area (Å²) in [6, 6.07) is 3.51. The third kappa shape index (κ3) is 2.52. The number of rotatable bonds is 4. The first-order valence-electron chi connectivity index (χ1n) is 6.92. The smallest absolute Gasteiger partial charge is 0.341 e. The second-order valence-corrected chi connectivity index (χ2v) is 5.33. The first-order chi connectivity index (χ1) is 10.6. The lowest BCUT2D eigenvalue weighted by molar-refractivity contribution is 0.0461. The summed E-state index contributed by atoms with van der Waals surface area (Å²) < 4.78 is 10.6. The molecular formula is C15H16N4O3. The molecule has 7 heteroatoms.